The number of H-pyrrole nitrogens is 2. The first-order chi connectivity index (χ1) is 13.9. The molecule has 2 aromatic heterocycles. The third kappa shape index (κ3) is 3.21. The molecule has 0 fully saturated rings. The number of hydrogen-bond donors (Lipinski definition) is 4. The summed E-state index contributed by atoms with van der Waals surface area (Å²) < 4.78 is 0. The molecule has 1 aliphatic rings. The Labute approximate surface area is 168 Å². The van der Waals surface area contributed by atoms with Gasteiger partial charge in [-0.2, -0.15) is 0 Å². The second kappa shape index (κ2) is 7.40. The average molecular weight is 395 g/mol. The van der Waals surface area contributed by atoms with Crippen molar-refractivity contribution >= 4 is 16.9 Å². The summed E-state index contributed by atoms with van der Waals surface area (Å²) in [6.07, 6.45) is 2.52. The van der Waals surface area contributed by atoms with Crippen LogP contribution >= 0.6 is 0 Å². The van der Waals surface area contributed by atoms with Gasteiger partial charge >= 0.3 is 5.97 Å². The number of carboxylic acids is 1. The minimum absolute atomic E-state index is 0.392. The van der Waals surface area contributed by atoms with E-state index in [-0.39, 0.29) is 0 Å². The molecule has 1 aliphatic heterocycles. The molecule has 29 heavy (non-hydrogen) atoms. The zero-order chi connectivity index (χ0) is 20.7. The number of hydrogen-bond acceptors (Lipinski definition) is 4. The topological polar surface area (TPSA) is 109 Å². The normalized spacial score (nSPS) is 14.3. The molecule has 7 nitrogen and oxygen atoms in total. The summed E-state index contributed by atoms with van der Waals surface area (Å²) in [5, 5.41) is 20.8. The number of benzene rings is 1. The molecule has 152 valence electrons. The number of nitrogens with one attached hydrogen (secondary N) is 2. The highest BCUT2D eigenvalue weighted by Gasteiger charge is 2.23. The first kappa shape index (κ1) is 19.3. The lowest BCUT2D eigenvalue weighted by Crippen LogP contribution is -2.30. The minimum atomic E-state index is -1.44. The smallest absolute Gasteiger partial charge is 0.345 e. The van der Waals surface area contributed by atoms with E-state index in [9.17, 15) is 19.8 Å². The van der Waals surface area contributed by atoms with E-state index in [1.165, 1.54) is 16.6 Å². The quantitative estimate of drug-likeness (QED) is 0.530. The van der Waals surface area contributed by atoms with Crippen LogP contribution in [-0.4, -0.2) is 44.1 Å². The van der Waals surface area contributed by atoms with Crippen molar-refractivity contribution in [3.05, 3.63) is 50.9 Å². The van der Waals surface area contributed by atoms with Crippen LogP contribution in [0.15, 0.2) is 23.0 Å². The van der Waals surface area contributed by atoms with Crippen molar-refractivity contribution in [3.63, 3.8) is 0 Å². The van der Waals surface area contributed by atoms with Gasteiger partial charge in [0.05, 0.1) is 5.69 Å². The SMILES string of the molecule is CCCN1CCc2c([nH]c3cc(-c4[nH]c(=O)c(C(=O)O)c(O)c4CC)ccc23)C1. The van der Waals surface area contributed by atoms with Gasteiger partial charge < -0.3 is 20.2 Å². The van der Waals surface area contributed by atoms with Gasteiger partial charge in [-0.25, -0.2) is 4.79 Å². The van der Waals surface area contributed by atoms with Crippen molar-refractivity contribution in [2.24, 2.45) is 0 Å². The molecule has 4 N–H and O–H groups in total. The summed E-state index contributed by atoms with van der Waals surface area (Å²) in [4.78, 5) is 32.2. The highest BCUT2D eigenvalue weighted by atomic mass is 16.4. The first-order valence-electron chi connectivity index (χ1n) is 10.0. The Hall–Kier alpha value is -3.06. The Morgan fingerprint density at radius 1 is 1.24 bits per heavy atom. The monoisotopic (exact) mass is 395 g/mol. The second-order valence-corrected chi connectivity index (χ2v) is 7.56. The van der Waals surface area contributed by atoms with Crippen molar-refractivity contribution in [1.29, 1.82) is 0 Å². The first-order valence-corrected chi connectivity index (χ1v) is 10.0. The molecule has 0 saturated heterocycles. The Kier molecular flexibility index (Phi) is 4.92. The number of aromatic nitrogens is 2. The number of aromatic amines is 2. The van der Waals surface area contributed by atoms with Crippen molar-refractivity contribution in [1.82, 2.24) is 14.9 Å². The van der Waals surface area contributed by atoms with E-state index in [0.717, 1.165) is 43.6 Å². The van der Waals surface area contributed by atoms with Crippen LogP contribution in [0, 0.1) is 0 Å². The van der Waals surface area contributed by atoms with Crippen molar-refractivity contribution in [3.8, 4) is 17.0 Å². The molecule has 4 rings (SSSR count). The van der Waals surface area contributed by atoms with Gasteiger partial charge in [0.25, 0.3) is 5.56 Å². The zero-order valence-corrected chi connectivity index (χ0v) is 16.6. The Morgan fingerprint density at radius 3 is 2.72 bits per heavy atom. The van der Waals surface area contributed by atoms with Crippen LogP contribution in [-0.2, 0) is 19.4 Å². The molecule has 3 heterocycles. The molecule has 0 atom stereocenters. The third-order valence-corrected chi connectivity index (χ3v) is 5.74. The Morgan fingerprint density at radius 2 is 2.03 bits per heavy atom. The van der Waals surface area contributed by atoms with Gasteiger partial charge in [0.15, 0.2) is 5.56 Å². The van der Waals surface area contributed by atoms with Gasteiger partial charge in [0.1, 0.15) is 5.75 Å². The summed E-state index contributed by atoms with van der Waals surface area (Å²) in [6.45, 7) is 7.03. The standard InChI is InChI=1S/C22H25N3O4/c1-3-8-25-9-7-15-14-6-5-12(10-16(14)23-17(15)11-25)19-13(4-2)20(26)18(22(28)29)21(27)24-19/h5-6,10,23H,3-4,7-9,11H2,1-2H3,(H,28,29)(H2,24,26,27). The molecule has 0 aliphatic carbocycles. The van der Waals surface area contributed by atoms with Gasteiger partial charge in [0.2, 0.25) is 0 Å². The second-order valence-electron chi connectivity index (χ2n) is 7.56. The molecule has 0 bridgehead atoms. The number of carbonyl (C=O) groups is 1. The van der Waals surface area contributed by atoms with Crippen LogP contribution in [0.4, 0.5) is 0 Å². The summed E-state index contributed by atoms with van der Waals surface area (Å²) in [7, 11) is 0. The molecule has 0 saturated carbocycles. The van der Waals surface area contributed by atoms with Crippen LogP contribution < -0.4 is 5.56 Å². The van der Waals surface area contributed by atoms with E-state index >= 15 is 0 Å². The van der Waals surface area contributed by atoms with Gasteiger partial charge in [-0.3, -0.25) is 9.69 Å². The predicted molar refractivity (Wildman–Crippen MR) is 112 cm³/mol. The number of rotatable bonds is 5. The molecular weight excluding hydrogens is 370 g/mol. The fourth-order valence-electron chi connectivity index (χ4n) is 4.38. The summed E-state index contributed by atoms with van der Waals surface area (Å²) >= 11 is 0. The highest BCUT2D eigenvalue weighted by molar-refractivity contribution is 5.93. The van der Waals surface area contributed by atoms with E-state index in [1.54, 1.807) is 0 Å². The van der Waals surface area contributed by atoms with Gasteiger partial charge in [-0.05, 0) is 37.4 Å². The van der Waals surface area contributed by atoms with Crippen LogP contribution in [0.3, 0.4) is 0 Å². The lowest BCUT2D eigenvalue weighted by Gasteiger charge is -2.26. The van der Waals surface area contributed by atoms with E-state index in [0.29, 0.717) is 17.7 Å². The predicted octanol–water partition coefficient (Wildman–Crippen LogP) is 3.26. The summed E-state index contributed by atoms with van der Waals surface area (Å²) in [6, 6.07) is 5.91. The van der Waals surface area contributed by atoms with E-state index in [4.69, 9.17) is 0 Å². The van der Waals surface area contributed by atoms with Crippen molar-refractivity contribution < 1.29 is 15.0 Å². The van der Waals surface area contributed by atoms with Gasteiger partial charge in [0, 0.05) is 40.8 Å². The average Bonchev–Trinajstić information content (AvgIpc) is 3.04. The van der Waals surface area contributed by atoms with Crippen molar-refractivity contribution in [2.75, 3.05) is 13.1 Å². The largest absolute Gasteiger partial charge is 0.506 e. The van der Waals surface area contributed by atoms with Gasteiger partial charge in [-0.15, -0.1) is 0 Å². The Bertz CT molecular complexity index is 1160. The molecule has 0 unspecified atom stereocenters. The highest BCUT2D eigenvalue weighted by Crippen LogP contribution is 2.34. The summed E-state index contributed by atoms with van der Waals surface area (Å²) in [5.41, 5.74) is 3.76. The molecule has 3 aromatic rings. The number of fused-ring (bicyclic) bond motifs is 3. The molecule has 1 aromatic carbocycles. The molecular formula is C22H25N3O4. The van der Waals surface area contributed by atoms with E-state index < -0.39 is 22.8 Å². The number of pyridine rings is 1. The molecule has 0 spiro atoms. The lowest BCUT2D eigenvalue weighted by molar-refractivity contribution is 0.0691. The molecule has 0 radical (unpaired) electrons. The lowest BCUT2D eigenvalue weighted by atomic mass is 9.98. The van der Waals surface area contributed by atoms with Crippen LogP contribution in [0.5, 0.6) is 5.75 Å². The Balaban J connectivity index is 1.82. The maximum absolute atomic E-state index is 12.3. The van der Waals surface area contributed by atoms with Crippen LogP contribution in [0.2, 0.25) is 0 Å². The van der Waals surface area contributed by atoms with E-state index in [1.807, 2.05) is 25.1 Å². The number of aromatic carboxylic acids is 1. The molecule has 0 amide bonds. The fourth-order valence-corrected chi connectivity index (χ4v) is 4.38. The summed E-state index contributed by atoms with van der Waals surface area (Å²) in [5.74, 6) is -1.89. The number of aromatic hydroxyl groups is 1. The maximum Gasteiger partial charge on any atom is 0.345 e. The van der Waals surface area contributed by atoms with Gasteiger partial charge in [-0.1, -0.05) is 26.0 Å². The third-order valence-electron chi connectivity index (χ3n) is 5.74. The zero-order valence-electron chi connectivity index (χ0n) is 16.6. The van der Waals surface area contributed by atoms with Crippen LogP contribution in [0.1, 0.15) is 47.4 Å². The van der Waals surface area contributed by atoms with Crippen LogP contribution in [0.25, 0.3) is 22.2 Å². The number of nitrogens with zero attached hydrogens (tertiary/aromatic N) is 1. The number of carboxylic acid groups (broad SMARTS) is 1. The molecule has 7 heteroatoms. The van der Waals surface area contributed by atoms with Crippen molar-refractivity contribution in [2.45, 2.75) is 39.7 Å². The van der Waals surface area contributed by atoms with E-state index in [2.05, 4.69) is 21.8 Å². The maximum atomic E-state index is 12.3. The fraction of sp³-hybridized carbons (Fsp3) is 0.364. The minimum Gasteiger partial charge on any atom is -0.506 e.